The summed E-state index contributed by atoms with van der Waals surface area (Å²) in [5.41, 5.74) is 1.81. The topological polar surface area (TPSA) is 142 Å². The van der Waals surface area contributed by atoms with E-state index < -0.39 is 28.9 Å². The molecule has 0 aliphatic carbocycles. The van der Waals surface area contributed by atoms with Crippen molar-refractivity contribution >= 4 is 51.9 Å². The standard InChI is InChI=1S/C31H32FN5O6S2/c1-5-42-29(40)25-18(3)26(30(41)43-6-2)45-28(25)34-27(39)19(4)44-31-36-35-23(37(31)22-14-12-21(32)13-15-22)17-33-24(38)16-20-10-8-7-9-11-20/h7-15,19H,5-6,16-17H2,1-4H3,(H,33,38)(H,34,39)/t19-/m0/s1. The summed E-state index contributed by atoms with van der Waals surface area (Å²) in [5, 5.41) is 13.8. The van der Waals surface area contributed by atoms with Crippen molar-refractivity contribution in [3.8, 4) is 5.69 Å². The van der Waals surface area contributed by atoms with Gasteiger partial charge in [0.1, 0.15) is 15.7 Å². The molecule has 0 radical (unpaired) electrons. The highest BCUT2D eigenvalue weighted by molar-refractivity contribution is 8.00. The zero-order valence-electron chi connectivity index (χ0n) is 25.1. The van der Waals surface area contributed by atoms with Gasteiger partial charge in [-0.2, -0.15) is 0 Å². The van der Waals surface area contributed by atoms with E-state index in [9.17, 15) is 23.6 Å². The molecule has 1 atom stereocenters. The molecule has 4 aromatic rings. The van der Waals surface area contributed by atoms with Gasteiger partial charge in [-0.25, -0.2) is 14.0 Å². The van der Waals surface area contributed by atoms with Crippen LogP contribution in [0.5, 0.6) is 0 Å². The largest absolute Gasteiger partial charge is 0.462 e. The zero-order chi connectivity index (χ0) is 32.5. The maximum absolute atomic E-state index is 13.8. The van der Waals surface area contributed by atoms with E-state index in [2.05, 4.69) is 20.8 Å². The average Bonchev–Trinajstić information content (AvgIpc) is 3.57. The van der Waals surface area contributed by atoms with Crippen LogP contribution in [0.3, 0.4) is 0 Å². The summed E-state index contributed by atoms with van der Waals surface area (Å²) in [5.74, 6) is -2.04. The number of carbonyl (C=O) groups is 4. The van der Waals surface area contributed by atoms with E-state index in [0.717, 1.165) is 28.7 Å². The van der Waals surface area contributed by atoms with E-state index >= 15 is 0 Å². The number of hydrogen-bond acceptors (Lipinski definition) is 10. The summed E-state index contributed by atoms with van der Waals surface area (Å²) < 4.78 is 25.7. The number of ether oxygens (including phenoxy) is 2. The van der Waals surface area contributed by atoms with E-state index in [-0.39, 0.29) is 47.5 Å². The van der Waals surface area contributed by atoms with Crippen molar-refractivity contribution in [3.05, 3.63) is 87.8 Å². The Hall–Kier alpha value is -4.56. The predicted octanol–water partition coefficient (Wildman–Crippen LogP) is 5.11. The lowest BCUT2D eigenvalue weighted by Gasteiger charge is -2.14. The Morgan fingerprint density at radius 3 is 2.31 bits per heavy atom. The molecular weight excluding hydrogens is 622 g/mol. The molecule has 4 rings (SSSR count). The summed E-state index contributed by atoms with van der Waals surface area (Å²) in [6.45, 7) is 6.85. The lowest BCUT2D eigenvalue weighted by molar-refractivity contribution is -0.120. The Balaban J connectivity index is 1.55. The second-order valence-corrected chi connectivity index (χ2v) is 11.9. The molecule has 0 aliphatic rings. The molecule has 2 aromatic carbocycles. The number of halogens is 1. The fraction of sp³-hybridized carbons (Fsp3) is 0.290. The Labute approximate surface area is 267 Å². The van der Waals surface area contributed by atoms with Gasteiger partial charge in [-0.15, -0.1) is 21.5 Å². The number of nitrogens with one attached hydrogen (secondary N) is 2. The van der Waals surface area contributed by atoms with Crippen LogP contribution in [0.1, 0.15) is 57.8 Å². The van der Waals surface area contributed by atoms with Crippen LogP contribution < -0.4 is 10.6 Å². The molecule has 2 N–H and O–H groups in total. The average molecular weight is 654 g/mol. The minimum absolute atomic E-state index is 0.0329. The van der Waals surface area contributed by atoms with Crippen molar-refractivity contribution in [2.24, 2.45) is 0 Å². The number of amides is 2. The first-order chi connectivity index (χ1) is 21.6. The van der Waals surface area contributed by atoms with Crippen molar-refractivity contribution in [2.75, 3.05) is 18.5 Å². The van der Waals surface area contributed by atoms with Crippen molar-refractivity contribution < 1.29 is 33.0 Å². The first kappa shape index (κ1) is 33.3. The summed E-state index contributed by atoms with van der Waals surface area (Å²) in [4.78, 5) is 51.5. The third-order valence-electron chi connectivity index (χ3n) is 6.41. The van der Waals surface area contributed by atoms with Crippen LogP contribution in [0, 0.1) is 12.7 Å². The minimum Gasteiger partial charge on any atom is -0.462 e. The van der Waals surface area contributed by atoms with Crippen LogP contribution in [-0.4, -0.2) is 57.0 Å². The molecule has 2 heterocycles. The Kier molecular flexibility index (Phi) is 11.4. The van der Waals surface area contributed by atoms with Gasteiger partial charge in [-0.1, -0.05) is 42.1 Å². The molecule has 0 fully saturated rings. The lowest BCUT2D eigenvalue weighted by Crippen LogP contribution is -2.26. The van der Waals surface area contributed by atoms with Gasteiger partial charge in [0.2, 0.25) is 11.8 Å². The molecule has 0 aliphatic heterocycles. The van der Waals surface area contributed by atoms with E-state index in [1.165, 1.54) is 12.1 Å². The highest BCUT2D eigenvalue weighted by Crippen LogP contribution is 2.35. The van der Waals surface area contributed by atoms with E-state index in [1.54, 1.807) is 44.4 Å². The Morgan fingerprint density at radius 1 is 0.978 bits per heavy atom. The molecular formula is C31H32FN5O6S2. The highest BCUT2D eigenvalue weighted by atomic mass is 32.2. The van der Waals surface area contributed by atoms with E-state index in [4.69, 9.17) is 9.47 Å². The number of anilines is 1. The number of nitrogens with zero attached hydrogens (tertiary/aromatic N) is 3. The molecule has 0 bridgehead atoms. The van der Waals surface area contributed by atoms with Crippen LogP contribution in [0.25, 0.3) is 5.69 Å². The SMILES string of the molecule is CCOC(=O)c1sc(NC(=O)[C@H](C)Sc2nnc(CNC(=O)Cc3ccccc3)n2-c2ccc(F)cc2)c(C(=O)OCC)c1C. The maximum atomic E-state index is 13.8. The quantitative estimate of drug-likeness (QED) is 0.149. The maximum Gasteiger partial charge on any atom is 0.348 e. The number of carbonyl (C=O) groups excluding carboxylic acids is 4. The predicted molar refractivity (Wildman–Crippen MR) is 168 cm³/mol. The number of aromatic nitrogens is 3. The first-order valence-electron chi connectivity index (χ1n) is 14.1. The fourth-order valence-electron chi connectivity index (χ4n) is 4.23. The molecule has 11 nitrogen and oxygen atoms in total. The van der Waals surface area contributed by atoms with E-state index in [1.807, 2.05) is 30.3 Å². The van der Waals surface area contributed by atoms with Crippen molar-refractivity contribution in [1.82, 2.24) is 20.1 Å². The zero-order valence-corrected chi connectivity index (χ0v) is 26.7. The van der Waals surface area contributed by atoms with Gasteiger partial charge in [0.15, 0.2) is 11.0 Å². The second kappa shape index (κ2) is 15.4. The molecule has 236 valence electrons. The number of hydrogen-bond donors (Lipinski definition) is 2. The lowest BCUT2D eigenvalue weighted by atomic mass is 10.1. The Morgan fingerprint density at radius 2 is 1.64 bits per heavy atom. The van der Waals surface area contributed by atoms with Crippen molar-refractivity contribution in [2.45, 2.75) is 51.1 Å². The first-order valence-corrected chi connectivity index (χ1v) is 15.8. The van der Waals surface area contributed by atoms with Crippen molar-refractivity contribution in [3.63, 3.8) is 0 Å². The normalized spacial score (nSPS) is 11.5. The monoisotopic (exact) mass is 653 g/mol. The molecule has 14 heteroatoms. The molecule has 0 saturated carbocycles. The third-order valence-corrected chi connectivity index (χ3v) is 8.64. The third kappa shape index (κ3) is 8.34. The number of benzene rings is 2. The van der Waals surface area contributed by atoms with Gasteiger partial charge < -0.3 is 20.1 Å². The van der Waals surface area contributed by atoms with Crippen LogP contribution >= 0.6 is 23.1 Å². The van der Waals surface area contributed by atoms with Crippen LogP contribution in [0.2, 0.25) is 0 Å². The molecule has 45 heavy (non-hydrogen) atoms. The van der Waals surface area contributed by atoms with Gasteiger partial charge in [0.25, 0.3) is 0 Å². The van der Waals surface area contributed by atoms with Gasteiger partial charge in [-0.3, -0.25) is 14.2 Å². The van der Waals surface area contributed by atoms with Crippen molar-refractivity contribution in [1.29, 1.82) is 0 Å². The smallest absolute Gasteiger partial charge is 0.348 e. The Bertz CT molecular complexity index is 1670. The van der Waals surface area contributed by atoms with Crippen LogP contribution in [-0.2, 0) is 32.0 Å². The molecule has 0 saturated heterocycles. The summed E-state index contributed by atoms with van der Waals surface area (Å²) in [7, 11) is 0. The summed E-state index contributed by atoms with van der Waals surface area (Å²) in [6.07, 6.45) is 0.179. The number of rotatable bonds is 13. The van der Waals surface area contributed by atoms with Crippen LogP contribution in [0.4, 0.5) is 9.39 Å². The second-order valence-electron chi connectivity index (χ2n) is 9.60. The molecule has 2 amide bonds. The summed E-state index contributed by atoms with van der Waals surface area (Å²) in [6, 6.07) is 14.9. The molecule has 0 unspecified atom stereocenters. The fourth-order valence-corrected chi connectivity index (χ4v) is 6.21. The number of thioether (sulfide) groups is 1. The molecule has 2 aromatic heterocycles. The molecule has 0 spiro atoms. The minimum atomic E-state index is -0.766. The van der Waals surface area contributed by atoms with Gasteiger partial charge in [0, 0.05) is 5.69 Å². The van der Waals surface area contributed by atoms with Gasteiger partial charge in [0.05, 0.1) is 37.0 Å². The van der Waals surface area contributed by atoms with Gasteiger partial charge >= 0.3 is 11.9 Å². The number of esters is 2. The van der Waals surface area contributed by atoms with Gasteiger partial charge in [-0.05, 0) is 63.1 Å². The summed E-state index contributed by atoms with van der Waals surface area (Å²) >= 11 is 2.00. The number of thiophene rings is 1. The van der Waals surface area contributed by atoms with E-state index in [0.29, 0.717) is 22.2 Å². The van der Waals surface area contributed by atoms with Crippen LogP contribution in [0.15, 0.2) is 59.8 Å². The highest BCUT2D eigenvalue weighted by Gasteiger charge is 2.29.